The molecule has 3 rings (SSSR count). The van der Waals surface area contributed by atoms with Crippen LogP contribution in [0.1, 0.15) is 0 Å². The molecule has 1 heterocycles. The van der Waals surface area contributed by atoms with Gasteiger partial charge in [0.1, 0.15) is 0 Å². The quantitative estimate of drug-likeness (QED) is 0.678. The van der Waals surface area contributed by atoms with Crippen LogP contribution < -0.4 is 5.29 Å². The van der Waals surface area contributed by atoms with Crippen molar-refractivity contribution in [2.45, 2.75) is 0 Å². The summed E-state index contributed by atoms with van der Waals surface area (Å²) in [7, 11) is -0.867. The van der Waals surface area contributed by atoms with E-state index in [0.29, 0.717) is 0 Å². The molecule has 0 aliphatic carbocycles. The van der Waals surface area contributed by atoms with Crippen molar-refractivity contribution in [3.63, 3.8) is 0 Å². The molecule has 1 aromatic heterocycles. The normalized spacial score (nSPS) is 11.9. The molecule has 16 heavy (non-hydrogen) atoms. The first kappa shape index (κ1) is 9.44. The average molecular weight is 227 g/mol. The van der Waals surface area contributed by atoms with Crippen molar-refractivity contribution >= 4 is 18.2 Å². The van der Waals surface area contributed by atoms with E-state index in [1.807, 2.05) is 54.6 Å². The molecule has 0 aliphatic rings. The Bertz CT molecular complexity index is 682. The number of benzene rings is 2. The molecule has 1 unspecified atom stereocenters. The lowest BCUT2D eigenvalue weighted by atomic mass is 10.3. The fourth-order valence-corrected chi connectivity index (χ4v) is 3.93. The molecule has 0 aliphatic heterocycles. The van der Waals surface area contributed by atoms with Gasteiger partial charge in [0, 0.05) is 10.4 Å². The number of hydrogen-bond acceptors (Lipinski definition) is 1. The van der Waals surface area contributed by atoms with Gasteiger partial charge in [-0.25, -0.2) is 0 Å². The third kappa shape index (κ3) is 1.39. The van der Waals surface area contributed by atoms with Gasteiger partial charge in [-0.15, -0.1) is 0 Å². The van der Waals surface area contributed by atoms with Crippen LogP contribution in [0.3, 0.4) is 0 Å². The van der Waals surface area contributed by atoms with Crippen molar-refractivity contribution in [2.24, 2.45) is 0 Å². The zero-order valence-electron chi connectivity index (χ0n) is 8.55. The third-order valence-electron chi connectivity index (χ3n) is 2.60. The van der Waals surface area contributed by atoms with Gasteiger partial charge in [-0.2, -0.15) is 0 Å². The summed E-state index contributed by atoms with van der Waals surface area (Å²) in [6.45, 7) is 0. The van der Waals surface area contributed by atoms with E-state index in [9.17, 15) is 4.79 Å². The molecule has 0 radical (unpaired) electrons. The number of aromatic amines is 1. The first-order valence-corrected chi connectivity index (χ1v) is 6.45. The minimum atomic E-state index is -0.867. The van der Waals surface area contributed by atoms with Crippen molar-refractivity contribution < 1.29 is 0 Å². The fourth-order valence-electron chi connectivity index (χ4n) is 1.89. The maximum absolute atomic E-state index is 11.9. The van der Waals surface area contributed by atoms with Gasteiger partial charge in [-0.3, -0.25) is 4.79 Å². The number of nitrogens with one attached hydrogen (secondary N) is 1. The van der Waals surface area contributed by atoms with Crippen LogP contribution in [0.4, 0.5) is 0 Å². The summed E-state index contributed by atoms with van der Waals surface area (Å²) in [5, 5.41) is 2.37. The molecule has 0 saturated carbocycles. The second-order valence-corrected chi connectivity index (χ2v) is 5.69. The van der Waals surface area contributed by atoms with E-state index >= 15 is 0 Å². The molecular formula is C13H10NOP. The standard InChI is InChI=1S/C13H10NOP/c15-13-14-11-8-4-5-9-12(11)16(13)10-6-2-1-3-7-10/h1-9H,(H,14,15). The van der Waals surface area contributed by atoms with E-state index in [4.69, 9.17) is 0 Å². The molecule has 0 bridgehead atoms. The predicted octanol–water partition coefficient (Wildman–Crippen LogP) is 3.50. The zero-order chi connectivity index (χ0) is 11.0. The Morgan fingerprint density at radius 1 is 0.875 bits per heavy atom. The predicted molar refractivity (Wildman–Crippen MR) is 68.6 cm³/mol. The summed E-state index contributed by atoms with van der Waals surface area (Å²) < 4.78 is 0. The summed E-state index contributed by atoms with van der Waals surface area (Å²) in [6, 6.07) is 17.9. The molecule has 0 spiro atoms. The van der Waals surface area contributed by atoms with Crippen molar-refractivity contribution in [3.05, 3.63) is 64.7 Å². The third-order valence-corrected chi connectivity index (χ3v) is 4.81. The van der Waals surface area contributed by atoms with Crippen LogP contribution in [0.25, 0.3) is 15.9 Å². The molecule has 1 atom stereocenters. The van der Waals surface area contributed by atoms with E-state index in [2.05, 4.69) is 4.98 Å². The van der Waals surface area contributed by atoms with Gasteiger partial charge in [0.25, 0.3) is 5.29 Å². The van der Waals surface area contributed by atoms with E-state index in [1.54, 1.807) is 0 Å². The Hall–Kier alpha value is -1.79. The van der Waals surface area contributed by atoms with Gasteiger partial charge < -0.3 is 4.98 Å². The Morgan fingerprint density at radius 2 is 1.56 bits per heavy atom. The highest BCUT2D eigenvalue weighted by atomic mass is 31.1. The van der Waals surface area contributed by atoms with E-state index < -0.39 is 7.53 Å². The molecule has 78 valence electrons. The number of rotatable bonds is 1. The van der Waals surface area contributed by atoms with E-state index in [0.717, 1.165) is 15.9 Å². The van der Waals surface area contributed by atoms with E-state index in [-0.39, 0.29) is 5.29 Å². The lowest BCUT2D eigenvalue weighted by Crippen LogP contribution is -1.92. The summed E-state index contributed by atoms with van der Waals surface area (Å²) in [5.41, 5.74) is 0.961. The van der Waals surface area contributed by atoms with Crippen LogP contribution in [-0.2, 0) is 0 Å². The van der Waals surface area contributed by atoms with Crippen molar-refractivity contribution in [1.29, 1.82) is 0 Å². The van der Waals surface area contributed by atoms with Crippen molar-refractivity contribution in [2.75, 3.05) is 0 Å². The number of aromatic nitrogens is 1. The minimum absolute atomic E-state index is 0.127. The minimum Gasteiger partial charge on any atom is -0.318 e. The molecule has 0 amide bonds. The van der Waals surface area contributed by atoms with Crippen molar-refractivity contribution in [1.82, 2.24) is 4.98 Å². The number of hydrogen-bond donors (Lipinski definition) is 1. The Morgan fingerprint density at radius 3 is 2.38 bits per heavy atom. The highest BCUT2D eigenvalue weighted by Gasteiger charge is 2.08. The molecule has 3 heteroatoms. The average Bonchev–Trinajstić information content (AvgIpc) is 2.66. The van der Waals surface area contributed by atoms with Crippen molar-refractivity contribution in [3.8, 4) is 5.30 Å². The smallest absolute Gasteiger partial charge is 0.270 e. The Balaban J connectivity index is 2.40. The lowest BCUT2D eigenvalue weighted by molar-refractivity contribution is 1.41. The monoisotopic (exact) mass is 227 g/mol. The summed E-state index contributed by atoms with van der Waals surface area (Å²) >= 11 is 0. The van der Waals surface area contributed by atoms with Gasteiger partial charge in [0.15, 0.2) is 0 Å². The van der Waals surface area contributed by atoms with Crippen LogP contribution in [0.5, 0.6) is 0 Å². The Labute approximate surface area is 93.6 Å². The fraction of sp³-hybridized carbons (Fsp3) is 0. The first-order chi connectivity index (χ1) is 7.86. The molecule has 2 aromatic carbocycles. The van der Waals surface area contributed by atoms with Gasteiger partial charge in [-0.1, -0.05) is 42.5 Å². The maximum atomic E-state index is 11.9. The maximum Gasteiger partial charge on any atom is 0.270 e. The SMILES string of the molecule is O=c1[nH]c2ccccc2p1-c1ccccc1. The first-order valence-electron chi connectivity index (χ1n) is 5.11. The van der Waals surface area contributed by atoms with Crippen LogP contribution in [-0.4, -0.2) is 4.98 Å². The second-order valence-electron chi connectivity index (χ2n) is 3.62. The summed E-state index contributed by atoms with van der Waals surface area (Å²) in [5.74, 6) is 0. The van der Waals surface area contributed by atoms with Gasteiger partial charge >= 0.3 is 0 Å². The highest BCUT2D eigenvalue weighted by molar-refractivity contribution is 7.61. The molecule has 2 nitrogen and oxygen atoms in total. The van der Waals surface area contributed by atoms with Crippen LogP contribution in [0.2, 0.25) is 0 Å². The van der Waals surface area contributed by atoms with E-state index in [1.165, 1.54) is 0 Å². The van der Waals surface area contributed by atoms with Gasteiger partial charge in [-0.05, 0) is 19.7 Å². The van der Waals surface area contributed by atoms with Crippen LogP contribution in [0, 0.1) is 0 Å². The summed E-state index contributed by atoms with van der Waals surface area (Å²) in [6.07, 6.45) is 0. The van der Waals surface area contributed by atoms with Gasteiger partial charge in [0.05, 0.1) is 5.52 Å². The Kier molecular flexibility index (Phi) is 2.16. The number of fused-ring (bicyclic) bond motifs is 1. The molecular weight excluding hydrogens is 217 g/mol. The molecule has 0 saturated heterocycles. The highest BCUT2D eigenvalue weighted by Crippen LogP contribution is 2.41. The summed E-state index contributed by atoms with van der Waals surface area (Å²) in [4.78, 5) is 14.9. The second kappa shape index (κ2) is 3.66. The van der Waals surface area contributed by atoms with Gasteiger partial charge in [0.2, 0.25) is 0 Å². The zero-order valence-corrected chi connectivity index (χ0v) is 9.45. The topological polar surface area (TPSA) is 32.9 Å². The molecule has 0 fully saturated rings. The molecule has 1 N–H and O–H groups in total. The lowest BCUT2D eigenvalue weighted by Gasteiger charge is -1.97. The largest absolute Gasteiger partial charge is 0.318 e. The van der Waals surface area contributed by atoms with Crippen LogP contribution in [0.15, 0.2) is 59.4 Å². The molecule has 3 aromatic rings. The van der Waals surface area contributed by atoms with Crippen LogP contribution >= 0.6 is 7.53 Å². The number of H-pyrrole nitrogens is 1. The number of para-hydroxylation sites is 1.